The summed E-state index contributed by atoms with van der Waals surface area (Å²) in [6.07, 6.45) is 0.263. The fourth-order valence-electron chi connectivity index (χ4n) is 0.787. The van der Waals surface area contributed by atoms with Crippen molar-refractivity contribution in [2.24, 2.45) is 5.92 Å². The molecule has 4 nitrogen and oxygen atoms in total. The summed E-state index contributed by atoms with van der Waals surface area (Å²) in [5.74, 6) is -0.246. The smallest absolute Gasteiger partial charge is 0.220 e. The SMILES string of the molecule is COCCNC(=O)CC(C)C(C)=O. The molecule has 0 rings (SSSR count). The highest BCUT2D eigenvalue weighted by molar-refractivity contribution is 5.85. The summed E-state index contributed by atoms with van der Waals surface area (Å²) < 4.78 is 4.76. The summed E-state index contributed by atoms with van der Waals surface area (Å²) in [4.78, 5) is 21.9. The standard InChI is InChI=1S/C9H17NO3/c1-7(8(2)11)6-9(12)10-4-5-13-3/h7H,4-6H2,1-3H3,(H,10,12). The first-order chi connectivity index (χ1) is 6.07. The van der Waals surface area contributed by atoms with E-state index in [0.717, 1.165) is 0 Å². The van der Waals surface area contributed by atoms with Crippen molar-refractivity contribution < 1.29 is 14.3 Å². The molecule has 0 aliphatic rings. The van der Waals surface area contributed by atoms with Gasteiger partial charge in [-0.3, -0.25) is 9.59 Å². The third kappa shape index (κ3) is 6.28. The van der Waals surface area contributed by atoms with Crippen molar-refractivity contribution in [3.05, 3.63) is 0 Å². The summed E-state index contributed by atoms with van der Waals surface area (Å²) in [6.45, 7) is 4.24. The van der Waals surface area contributed by atoms with Crippen LogP contribution in [0.5, 0.6) is 0 Å². The Hall–Kier alpha value is -0.900. The molecule has 0 aromatic rings. The van der Waals surface area contributed by atoms with Gasteiger partial charge in [0, 0.05) is 26.0 Å². The van der Waals surface area contributed by atoms with Crippen molar-refractivity contribution in [3.63, 3.8) is 0 Å². The van der Waals surface area contributed by atoms with Gasteiger partial charge in [0.25, 0.3) is 0 Å². The molecule has 0 aliphatic carbocycles. The number of hydrogen-bond acceptors (Lipinski definition) is 3. The molecule has 4 heteroatoms. The molecule has 0 spiro atoms. The van der Waals surface area contributed by atoms with Gasteiger partial charge >= 0.3 is 0 Å². The minimum absolute atomic E-state index is 0.0434. The molecule has 0 aromatic carbocycles. The Bertz CT molecular complexity index is 180. The summed E-state index contributed by atoms with van der Waals surface area (Å²) >= 11 is 0. The fraction of sp³-hybridized carbons (Fsp3) is 0.778. The van der Waals surface area contributed by atoms with E-state index in [9.17, 15) is 9.59 Å². The molecule has 0 heterocycles. The van der Waals surface area contributed by atoms with Gasteiger partial charge in [0.1, 0.15) is 5.78 Å². The Labute approximate surface area is 78.6 Å². The first kappa shape index (κ1) is 12.1. The predicted molar refractivity (Wildman–Crippen MR) is 49.3 cm³/mol. The Balaban J connectivity index is 3.56. The third-order valence-electron chi connectivity index (χ3n) is 1.81. The second kappa shape index (κ2) is 6.60. The number of rotatable bonds is 6. The topological polar surface area (TPSA) is 55.4 Å². The number of methoxy groups -OCH3 is 1. The monoisotopic (exact) mass is 187 g/mol. The van der Waals surface area contributed by atoms with Gasteiger partial charge in [-0.2, -0.15) is 0 Å². The number of carbonyl (C=O) groups is 2. The van der Waals surface area contributed by atoms with Crippen LogP contribution in [-0.2, 0) is 14.3 Å². The maximum absolute atomic E-state index is 11.1. The molecule has 0 bridgehead atoms. The van der Waals surface area contributed by atoms with Gasteiger partial charge in [0.05, 0.1) is 6.61 Å². The van der Waals surface area contributed by atoms with E-state index < -0.39 is 0 Å². The van der Waals surface area contributed by atoms with Crippen molar-refractivity contribution >= 4 is 11.7 Å². The van der Waals surface area contributed by atoms with E-state index in [0.29, 0.717) is 13.2 Å². The van der Waals surface area contributed by atoms with Crippen LogP contribution in [-0.4, -0.2) is 32.0 Å². The number of hydrogen-bond donors (Lipinski definition) is 1. The number of ketones is 1. The van der Waals surface area contributed by atoms with Gasteiger partial charge < -0.3 is 10.1 Å². The molecule has 1 atom stereocenters. The average Bonchev–Trinajstić information content (AvgIpc) is 2.04. The lowest BCUT2D eigenvalue weighted by atomic mass is 10.0. The van der Waals surface area contributed by atoms with Crippen molar-refractivity contribution in [3.8, 4) is 0 Å². The molecule has 76 valence electrons. The van der Waals surface area contributed by atoms with Gasteiger partial charge in [-0.1, -0.05) is 6.92 Å². The molecule has 0 aliphatic heterocycles. The van der Waals surface area contributed by atoms with Crippen molar-refractivity contribution in [2.75, 3.05) is 20.3 Å². The fourth-order valence-corrected chi connectivity index (χ4v) is 0.787. The minimum Gasteiger partial charge on any atom is -0.383 e. The van der Waals surface area contributed by atoms with Gasteiger partial charge in [0.2, 0.25) is 5.91 Å². The van der Waals surface area contributed by atoms with Gasteiger partial charge in [-0.15, -0.1) is 0 Å². The lowest BCUT2D eigenvalue weighted by Crippen LogP contribution is -2.29. The van der Waals surface area contributed by atoms with Crippen LogP contribution in [0.2, 0.25) is 0 Å². The zero-order valence-corrected chi connectivity index (χ0v) is 8.42. The van der Waals surface area contributed by atoms with E-state index in [2.05, 4.69) is 5.32 Å². The number of amides is 1. The quantitative estimate of drug-likeness (QED) is 0.611. The van der Waals surface area contributed by atoms with E-state index in [1.54, 1.807) is 14.0 Å². The number of Topliss-reactive ketones (excluding diaryl/α,β-unsaturated/α-hetero) is 1. The average molecular weight is 187 g/mol. The first-order valence-corrected chi connectivity index (χ1v) is 4.34. The molecule has 0 saturated heterocycles. The van der Waals surface area contributed by atoms with E-state index in [1.165, 1.54) is 6.92 Å². The summed E-state index contributed by atoms with van der Waals surface area (Å²) in [5, 5.41) is 2.65. The minimum atomic E-state index is -0.192. The number of carbonyl (C=O) groups excluding carboxylic acids is 2. The highest BCUT2D eigenvalue weighted by Gasteiger charge is 2.12. The first-order valence-electron chi connectivity index (χ1n) is 4.34. The van der Waals surface area contributed by atoms with Crippen LogP contribution >= 0.6 is 0 Å². The van der Waals surface area contributed by atoms with Crippen LogP contribution in [0.25, 0.3) is 0 Å². The Morgan fingerprint density at radius 2 is 2.08 bits per heavy atom. The summed E-state index contributed by atoms with van der Waals surface area (Å²) in [6, 6.07) is 0. The highest BCUT2D eigenvalue weighted by Crippen LogP contribution is 2.01. The molecule has 0 fully saturated rings. The van der Waals surface area contributed by atoms with E-state index in [1.807, 2.05) is 0 Å². The van der Waals surface area contributed by atoms with E-state index >= 15 is 0 Å². The zero-order valence-electron chi connectivity index (χ0n) is 8.42. The highest BCUT2D eigenvalue weighted by atomic mass is 16.5. The molecule has 0 saturated carbocycles. The maximum atomic E-state index is 11.1. The Morgan fingerprint density at radius 3 is 2.54 bits per heavy atom. The zero-order chi connectivity index (χ0) is 10.3. The van der Waals surface area contributed by atoms with E-state index in [-0.39, 0.29) is 24.0 Å². The van der Waals surface area contributed by atoms with Crippen LogP contribution < -0.4 is 5.32 Å². The van der Waals surface area contributed by atoms with Crippen LogP contribution in [0.3, 0.4) is 0 Å². The normalized spacial score (nSPS) is 12.2. The van der Waals surface area contributed by atoms with Crippen LogP contribution in [0.15, 0.2) is 0 Å². The van der Waals surface area contributed by atoms with Crippen LogP contribution in [0.4, 0.5) is 0 Å². The lowest BCUT2D eigenvalue weighted by Gasteiger charge is -2.07. The molecule has 1 amide bonds. The molecule has 13 heavy (non-hydrogen) atoms. The van der Waals surface area contributed by atoms with Crippen LogP contribution in [0, 0.1) is 5.92 Å². The summed E-state index contributed by atoms with van der Waals surface area (Å²) in [5.41, 5.74) is 0. The maximum Gasteiger partial charge on any atom is 0.220 e. The Kier molecular flexibility index (Phi) is 6.14. The van der Waals surface area contributed by atoms with Gasteiger partial charge in [0.15, 0.2) is 0 Å². The van der Waals surface area contributed by atoms with Gasteiger partial charge in [-0.25, -0.2) is 0 Å². The molecule has 1 unspecified atom stereocenters. The second-order valence-corrected chi connectivity index (χ2v) is 3.06. The molecular weight excluding hydrogens is 170 g/mol. The van der Waals surface area contributed by atoms with Crippen molar-refractivity contribution in [1.29, 1.82) is 0 Å². The van der Waals surface area contributed by atoms with E-state index in [4.69, 9.17) is 4.74 Å². The largest absolute Gasteiger partial charge is 0.383 e. The molecule has 1 N–H and O–H groups in total. The lowest BCUT2D eigenvalue weighted by molar-refractivity contribution is -0.127. The summed E-state index contributed by atoms with van der Waals surface area (Å²) in [7, 11) is 1.57. The van der Waals surface area contributed by atoms with Gasteiger partial charge in [-0.05, 0) is 6.92 Å². The third-order valence-corrected chi connectivity index (χ3v) is 1.81. The second-order valence-electron chi connectivity index (χ2n) is 3.06. The number of ether oxygens (including phenoxy) is 1. The molecular formula is C9H17NO3. The van der Waals surface area contributed by atoms with Crippen LogP contribution in [0.1, 0.15) is 20.3 Å². The predicted octanol–water partition coefficient (Wildman–Crippen LogP) is 0.364. The molecule has 0 aromatic heterocycles. The molecule has 0 radical (unpaired) electrons. The number of nitrogens with one attached hydrogen (secondary N) is 1. The van der Waals surface area contributed by atoms with Crippen molar-refractivity contribution in [2.45, 2.75) is 20.3 Å². The van der Waals surface area contributed by atoms with Crippen molar-refractivity contribution in [1.82, 2.24) is 5.32 Å². The Morgan fingerprint density at radius 1 is 1.46 bits per heavy atom.